The van der Waals surface area contributed by atoms with Crippen LogP contribution in [0.25, 0.3) is 0 Å². The predicted molar refractivity (Wildman–Crippen MR) is 136 cm³/mol. The molecule has 0 unspecified atom stereocenters. The lowest BCUT2D eigenvalue weighted by Crippen LogP contribution is -2.58. The second-order valence-corrected chi connectivity index (χ2v) is 10.4. The Morgan fingerprint density at radius 1 is 1.00 bits per heavy atom. The van der Waals surface area contributed by atoms with E-state index in [1.54, 1.807) is 4.90 Å². The molecule has 2 saturated heterocycles. The Bertz CT molecular complexity index is 1190. The molecule has 37 heavy (non-hydrogen) atoms. The first-order valence-electron chi connectivity index (χ1n) is 13.1. The van der Waals surface area contributed by atoms with Crippen molar-refractivity contribution in [3.63, 3.8) is 0 Å². The van der Waals surface area contributed by atoms with E-state index in [9.17, 15) is 14.4 Å². The number of nitrogens with one attached hydrogen (secondary N) is 1. The Morgan fingerprint density at radius 2 is 1.76 bits per heavy atom. The third-order valence-corrected chi connectivity index (χ3v) is 8.20. The van der Waals surface area contributed by atoms with Crippen molar-refractivity contribution in [2.75, 3.05) is 38.0 Å². The fraction of sp³-hybridized carbons (Fsp3) is 0.464. The fourth-order valence-electron chi connectivity index (χ4n) is 5.81. The molecule has 2 aromatic rings. The van der Waals surface area contributed by atoms with Crippen LogP contribution in [0.15, 0.2) is 48.5 Å². The van der Waals surface area contributed by atoms with E-state index >= 15 is 0 Å². The fourth-order valence-corrected chi connectivity index (χ4v) is 5.81. The van der Waals surface area contributed by atoms with Gasteiger partial charge in [0, 0.05) is 31.2 Å². The zero-order valence-corrected chi connectivity index (χ0v) is 20.9. The first kappa shape index (κ1) is 23.6. The third kappa shape index (κ3) is 4.36. The van der Waals surface area contributed by atoms with Crippen LogP contribution in [0.4, 0.5) is 5.69 Å². The zero-order chi connectivity index (χ0) is 25.4. The molecule has 0 radical (unpaired) electrons. The highest BCUT2D eigenvalue weighted by atomic mass is 16.7. The largest absolute Gasteiger partial charge is 0.454 e. The monoisotopic (exact) mass is 504 g/mol. The number of ether oxygens (including phenoxy) is 2. The molecular weight excluding hydrogens is 472 g/mol. The van der Waals surface area contributed by atoms with E-state index in [1.165, 1.54) is 0 Å². The summed E-state index contributed by atoms with van der Waals surface area (Å²) in [7, 11) is 0. The van der Waals surface area contributed by atoms with Gasteiger partial charge in [-0.25, -0.2) is 0 Å². The Kier molecular flexibility index (Phi) is 6.14. The number of nitrogens with zero attached hydrogens (tertiary/aromatic N) is 3. The number of hydrogen-bond acceptors (Lipinski definition) is 6. The van der Waals surface area contributed by atoms with Gasteiger partial charge in [0.1, 0.15) is 12.1 Å². The molecule has 4 aliphatic rings. The molecule has 9 nitrogen and oxygen atoms in total. The van der Waals surface area contributed by atoms with Crippen LogP contribution >= 0.6 is 0 Å². The van der Waals surface area contributed by atoms with Crippen LogP contribution < -0.4 is 19.7 Å². The van der Waals surface area contributed by atoms with E-state index < -0.39 is 5.54 Å². The summed E-state index contributed by atoms with van der Waals surface area (Å²) in [5.41, 5.74) is 1.11. The Labute approximate surface area is 216 Å². The molecule has 0 aromatic heterocycles. The highest BCUT2D eigenvalue weighted by molar-refractivity contribution is 5.96. The number of piperidine rings is 1. The van der Waals surface area contributed by atoms with Crippen molar-refractivity contribution in [2.24, 2.45) is 5.92 Å². The summed E-state index contributed by atoms with van der Waals surface area (Å²) in [6.07, 6.45) is 4.21. The molecule has 0 bridgehead atoms. The van der Waals surface area contributed by atoms with E-state index in [1.807, 2.05) is 53.4 Å². The number of hydrogen-bond donors (Lipinski definition) is 1. The van der Waals surface area contributed by atoms with Crippen molar-refractivity contribution >= 4 is 23.4 Å². The number of carbonyl (C=O) groups is 3. The summed E-state index contributed by atoms with van der Waals surface area (Å²) < 4.78 is 10.8. The molecule has 1 saturated carbocycles. The maximum Gasteiger partial charge on any atom is 0.250 e. The lowest BCUT2D eigenvalue weighted by molar-refractivity contribution is -0.143. The smallest absolute Gasteiger partial charge is 0.250 e. The number of amides is 3. The average Bonchev–Trinajstić information content (AvgIpc) is 3.46. The van der Waals surface area contributed by atoms with Gasteiger partial charge in [-0.15, -0.1) is 0 Å². The highest BCUT2D eigenvalue weighted by Gasteiger charge is 2.54. The summed E-state index contributed by atoms with van der Waals surface area (Å²) in [5.74, 6) is 1.51. The molecule has 9 heteroatoms. The van der Waals surface area contributed by atoms with Gasteiger partial charge in [0.2, 0.25) is 18.6 Å². The van der Waals surface area contributed by atoms with Crippen LogP contribution in [-0.4, -0.2) is 66.2 Å². The van der Waals surface area contributed by atoms with Gasteiger partial charge in [-0.1, -0.05) is 30.7 Å². The van der Waals surface area contributed by atoms with Gasteiger partial charge in [-0.3, -0.25) is 14.4 Å². The van der Waals surface area contributed by atoms with Crippen LogP contribution in [0.1, 0.15) is 37.7 Å². The van der Waals surface area contributed by atoms with Crippen LogP contribution in [0.3, 0.4) is 0 Å². The minimum absolute atomic E-state index is 0.0147. The summed E-state index contributed by atoms with van der Waals surface area (Å²) in [4.78, 5) is 45.3. The number of benzene rings is 2. The highest BCUT2D eigenvalue weighted by Crippen LogP contribution is 2.40. The zero-order valence-electron chi connectivity index (χ0n) is 20.9. The average molecular weight is 505 g/mol. The molecule has 1 aliphatic carbocycles. The standard InChI is InChI=1S/C28H32N4O5/c33-25(29-16-20-9-10-23-24(15-20)37-19-36-23)17-31-18-32(22-7-2-1-3-8-22)28(27(31)35)11-13-30(14-12-28)26(34)21-5-4-6-21/h1-3,7-10,15,21H,4-6,11-14,16-19H2,(H,29,33). The van der Waals surface area contributed by atoms with E-state index in [4.69, 9.17) is 9.47 Å². The summed E-state index contributed by atoms with van der Waals surface area (Å²) in [5, 5.41) is 2.93. The first-order chi connectivity index (χ1) is 18.0. The van der Waals surface area contributed by atoms with Gasteiger partial charge in [-0.05, 0) is 55.5 Å². The summed E-state index contributed by atoms with van der Waals surface area (Å²) >= 11 is 0. The topological polar surface area (TPSA) is 91.4 Å². The lowest BCUT2D eigenvalue weighted by atomic mass is 9.81. The number of likely N-dealkylation sites (tertiary alicyclic amines) is 1. The summed E-state index contributed by atoms with van der Waals surface area (Å²) in [6, 6.07) is 15.5. The minimum atomic E-state index is -0.741. The quantitative estimate of drug-likeness (QED) is 0.650. The third-order valence-electron chi connectivity index (χ3n) is 8.20. The number of rotatable bonds is 6. The van der Waals surface area contributed by atoms with Gasteiger partial charge in [0.05, 0.1) is 6.67 Å². The second-order valence-electron chi connectivity index (χ2n) is 10.4. The van der Waals surface area contributed by atoms with Crippen molar-refractivity contribution in [1.29, 1.82) is 0 Å². The van der Waals surface area contributed by atoms with Crippen molar-refractivity contribution in [3.05, 3.63) is 54.1 Å². The molecule has 3 aliphatic heterocycles. The van der Waals surface area contributed by atoms with Gasteiger partial charge in [-0.2, -0.15) is 0 Å². The van der Waals surface area contributed by atoms with Gasteiger partial charge >= 0.3 is 0 Å². The molecular formula is C28H32N4O5. The number of anilines is 1. The Hall–Kier alpha value is -3.75. The maximum atomic E-state index is 13.9. The van der Waals surface area contributed by atoms with E-state index in [-0.39, 0.29) is 37.0 Å². The van der Waals surface area contributed by atoms with Crippen LogP contribution in [-0.2, 0) is 20.9 Å². The van der Waals surface area contributed by atoms with Crippen molar-refractivity contribution in [2.45, 2.75) is 44.2 Å². The SMILES string of the molecule is O=C(CN1CN(c2ccccc2)C2(CCN(C(=O)C3CCC3)CC2)C1=O)NCc1ccc2c(c1)OCO2. The van der Waals surface area contributed by atoms with Crippen LogP contribution in [0.2, 0.25) is 0 Å². The maximum absolute atomic E-state index is 13.9. The minimum Gasteiger partial charge on any atom is -0.454 e. The van der Waals surface area contributed by atoms with Gasteiger partial charge in [0.15, 0.2) is 11.5 Å². The van der Waals surface area contributed by atoms with E-state index in [0.717, 1.165) is 30.5 Å². The molecule has 0 atom stereocenters. The van der Waals surface area contributed by atoms with Crippen LogP contribution in [0.5, 0.6) is 11.5 Å². The molecule has 3 fully saturated rings. The number of para-hydroxylation sites is 1. The molecule has 3 amide bonds. The number of carbonyl (C=O) groups excluding carboxylic acids is 3. The summed E-state index contributed by atoms with van der Waals surface area (Å²) in [6.45, 7) is 2.00. The molecule has 2 aromatic carbocycles. The van der Waals surface area contributed by atoms with E-state index in [2.05, 4.69) is 10.2 Å². The number of fused-ring (bicyclic) bond motifs is 1. The van der Waals surface area contributed by atoms with Crippen LogP contribution in [0, 0.1) is 5.92 Å². The van der Waals surface area contributed by atoms with Gasteiger partial charge in [0.25, 0.3) is 5.91 Å². The molecule has 3 heterocycles. The molecule has 6 rings (SSSR count). The van der Waals surface area contributed by atoms with Gasteiger partial charge < -0.3 is 29.5 Å². The van der Waals surface area contributed by atoms with Crippen molar-refractivity contribution < 1.29 is 23.9 Å². The normalized spacial score (nSPS) is 20.3. The Balaban J connectivity index is 1.13. The van der Waals surface area contributed by atoms with E-state index in [0.29, 0.717) is 50.6 Å². The predicted octanol–water partition coefficient (Wildman–Crippen LogP) is 2.50. The Morgan fingerprint density at radius 3 is 2.49 bits per heavy atom. The first-order valence-corrected chi connectivity index (χ1v) is 13.1. The molecule has 1 N–H and O–H groups in total. The molecule has 1 spiro atoms. The van der Waals surface area contributed by atoms with Crippen molar-refractivity contribution in [1.82, 2.24) is 15.1 Å². The lowest BCUT2D eigenvalue weighted by Gasteiger charge is -2.44. The second kappa shape index (κ2) is 9.61. The van der Waals surface area contributed by atoms with Crippen molar-refractivity contribution in [3.8, 4) is 11.5 Å². The molecule has 194 valence electrons.